The smallest absolute Gasteiger partial charge is 0.300 e. The Morgan fingerprint density at radius 2 is 1.76 bits per heavy atom. The van der Waals surface area contributed by atoms with Crippen LogP contribution in [0.15, 0.2) is 72.3 Å². The second-order valence-corrected chi connectivity index (χ2v) is 9.10. The molecule has 1 unspecified atom stereocenters. The van der Waals surface area contributed by atoms with Crippen molar-refractivity contribution in [3.63, 3.8) is 0 Å². The highest BCUT2D eigenvalue weighted by atomic mass is 35.5. The molecule has 8 heteroatoms. The third-order valence-corrected chi connectivity index (χ3v) is 6.13. The topological polar surface area (TPSA) is 85.3 Å². The molecular weight excluding hydrogens is 494 g/mol. The molecule has 7 nitrogen and oxygen atoms in total. The maximum atomic E-state index is 13.5. The van der Waals surface area contributed by atoms with E-state index in [2.05, 4.69) is 0 Å². The Morgan fingerprint density at radius 3 is 2.46 bits per heavy atom. The fourth-order valence-electron chi connectivity index (χ4n) is 4.30. The first kappa shape index (κ1) is 26.1. The molecule has 3 aromatic carbocycles. The summed E-state index contributed by atoms with van der Waals surface area (Å²) in [7, 11) is 1.45. The molecule has 37 heavy (non-hydrogen) atoms. The highest BCUT2D eigenvalue weighted by molar-refractivity contribution is 6.51. The van der Waals surface area contributed by atoms with Crippen molar-refractivity contribution >= 4 is 34.7 Å². The van der Waals surface area contributed by atoms with Crippen molar-refractivity contribution < 1.29 is 28.9 Å². The van der Waals surface area contributed by atoms with Gasteiger partial charge in [0.2, 0.25) is 0 Å². The highest BCUT2D eigenvalue weighted by Crippen LogP contribution is 2.44. The normalized spacial score (nSPS) is 16.8. The van der Waals surface area contributed by atoms with Gasteiger partial charge in [-0.25, -0.2) is 0 Å². The van der Waals surface area contributed by atoms with Crippen molar-refractivity contribution in [2.75, 3.05) is 18.6 Å². The third-order valence-electron chi connectivity index (χ3n) is 5.82. The average Bonchev–Trinajstić information content (AvgIpc) is 3.14. The van der Waals surface area contributed by atoms with Crippen molar-refractivity contribution in [1.29, 1.82) is 0 Å². The molecule has 0 bridgehead atoms. The maximum Gasteiger partial charge on any atom is 0.300 e. The first-order valence-electron chi connectivity index (χ1n) is 11.9. The number of anilines is 1. The number of nitrogens with zero attached hydrogens (tertiary/aromatic N) is 1. The monoisotopic (exact) mass is 521 g/mol. The Morgan fingerprint density at radius 1 is 1.03 bits per heavy atom. The van der Waals surface area contributed by atoms with Gasteiger partial charge in [-0.2, -0.15) is 0 Å². The molecule has 0 aliphatic carbocycles. The lowest BCUT2D eigenvalue weighted by molar-refractivity contribution is -0.132. The Balaban J connectivity index is 1.93. The van der Waals surface area contributed by atoms with Crippen LogP contribution < -0.4 is 19.1 Å². The van der Waals surface area contributed by atoms with Gasteiger partial charge in [-0.15, -0.1) is 0 Å². The van der Waals surface area contributed by atoms with E-state index in [4.69, 9.17) is 25.8 Å². The number of aliphatic hydroxyl groups is 1. The van der Waals surface area contributed by atoms with Crippen LogP contribution in [0.5, 0.6) is 17.2 Å². The summed E-state index contributed by atoms with van der Waals surface area (Å²) in [6.07, 6.45) is -0.0778. The summed E-state index contributed by atoms with van der Waals surface area (Å²) >= 11 is 6.16. The van der Waals surface area contributed by atoms with E-state index in [9.17, 15) is 14.7 Å². The average molecular weight is 522 g/mol. The van der Waals surface area contributed by atoms with Crippen LogP contribution in [0.2, 0.25) is 5.02 Å². The number of ether oxygens (including phenoxy) is 3. The number of hydrogen-bond acceptors (Lipinski definition) is 6. The number of halogens is 1. The van der Waals surface area contributed by atoms with Crippen molar-refractivity contribution in [3.05, 3.63) is 88.5 Å². The fraction of sp³-hybridized carbons (Fsp3) is 0.241. The van der Waals surface area contributed by atoms with Gasteiger partial charge >= 0.3 is 0 Å². The molecule has 1 atom stereocenters. The Hall–Kier alpha value is -3.97. The number of methoxy groups -OCH3 is 1. The van der Waals surface area contributed by atoms with Gasteiger partial charge in [0.1, 0.15) is 23.0 Å². The first-order valence-corrected chi connectivity index (χ1v) is 12.3. The van der Waals surface area contributed by atoms with Gasteiger partial charge < -0.3 is 19.3 Å². The number of Topliss-reactive ketones (excluding diaryl/α,β-unsaturated/α-hetero) is 1. The van der Waals surface area contributed by atoms with Crippen molar-refractivity contribution in [2.24, 2.45) is 0 Å². The van der Waals surface area contributed by atoms with Gasteiger partial charge in [0.25, 0.3) is 11.7 Å². The lowest BCUT2D eigenvalue weighted by atomic mass is 9.95. The summed E-state index contributed by atoms with van der Waals surface area (Å²) in [5, 5.41) is 11.7. The molecule has 192 valence electrons. The van der Waals surface area contributed by atoms with Crippen molar-refractivity contribution in [2.45, 2.75) is 32.9 Å². The van der Waals surface area contributed by atoms with Crippen LogP contribution in [0.1, 0.15) is 37.9 Å². The zero-order valence-corrected chi connectivity index (χ0v) is 21.8. The standard InChI is InChI=1S/C29H28ClNO6/c1-5-36-21-10-7-9-20(16-21)31-26(18-8-6-11-22(14-18)37-17(2)3)25(28(33)29(31)34)27(32)19-12-13-23(30)24(15-19)35-4/h6-17,26,32H,5H2,1-4H3/b27-25+. The number of ketones is 1. The SMILES string of the molecule is CCOc1cccc(N2C(=O)C(=O)/C(=C(/O)c3ccc(Cl)c(OC)c3)C2c2cccc(OC(C)C)c2)c1. The minimum atomic E-state index is -0.922. The Bertz CT molecular complexity index is 1370. The van der Waals surface area contributed by atoms with Crippen LogP contribution in [-0.4, -0.2) is 36.6 Å². The van der Waals surface area contributed by atoms with Crippen LogP contribution in [0, 0.1) is 0 Å². The van der Waals surface area contributed by atoms with E-state index in [-0.39, 0.29) is 17.4 Å². The zero-order chi connectivity index (χ0) is 26.7. The summed E-state index contributed by atoms with van der Waals surface area (Å²) in [6.45, 7) is 6.12. The summed E-state index contributed by atoms with van der Waals surface area (Å²) in [5.41, 5.74) is 1.29. The molecule has 0 saturated carbocycles. The van der Waals surface area contributed by atoms with Gasteiger partial charge in [0, 0.05) is 17.3 Å². The molecule has 1 aliphatic rings. The van der Waals surface area contributed by atoms with E-state index < -0.39 is 17.7 Å². The lowest BCUT2D eigenvalue weighted by Crippen LogP contribution is -2.29. The highest BCUT2D eigenvalue weighted by Gasteiger charge is 2.47. The van der Waals surface area contributed by atoms with E-state index in [1.165, 1.54) is 18.1 Å². The summed E-state index contributed by atoms with van der Waals surface area (Å²) in [4.78, 5) is 28.3. The molecule has 0 spiro atoms. The number of hydrogen-bond donors (Lipinski definition) is 1. The minimum Gasteiger partial charge on any atom is -0.507 e. The molecule has 1 fully saturated rings. The lowest BCUT2D eigenvalue weighted by Gasteiger charge is -2.26. The fourth-order valence-corrected chi connectivity index (χ4v) is 4.49. The van der Waals surface area contributed by atoms with Crippen LogP contribution in [-0.2, 0) is 9.59 Å². The van der Waals surface area contributed by atoms with Crippen molar-refractivity contribution in [3.8, 4) is 17.2 Å². The summed E-state index contributed by atoms with van der Waals surface area (Å²) in [5.74, 6) is -0.454. The van der Waals surface area contributed by atoms with Crippen molar-refractivity contribution in [1.82, 2.24) is 0 Å². The quantitative estimate of drug-likeness (QED) is 0.217. The predicted molar refractivity (Wildman–Crippen MR) is 143 cm³/mol. The number of aliphatic hydroxyl groups excluding tert-OH is 1. The van der Waals surface area contributed by atoms with Gasteiger partial charge in [-0.05, 0) is 68.8 Å². The Kier molecular flexibility index (Phi) is 7.74. The van der Waals surface area contributed by atoms with E-state index >= 15 is 0 Å². The van der Waals surface area contributed by atoms with Crippen LogP contribution >= 0.6 is 11.6 Å². The van der Waals surface area contributed by atoms with Gasteiger partial charge in [0.05, 0.1) is 36.5 Å². The van der Waals surface area contributed by atoms with Gasteiger partial charge in [0.15, 0.2) is 0 Å². The number of rotatable bonds is 8. The number of carbonyl (C=O) groups is 2. The van der Waals surface area contributed by atoms with Gasteiger partial charge in [-0.3, -0.25) is 14.5 Å². The largest absolute Gasteiger partial charge is 0.507 e. The van der Waals surface area contributed by atoms with E-state index in [1.54, 1.807) is 60.7 Å². The molecule has 0 aromatic heterocycles. The van der Waals surface area contributed by atoms with Gasteiger partial charge in [-0.1, -0.05) is 29.8 Å². The van der Waals surface area contributed by atoms with Crippen LogP contribution in [0.3, 0.4) is 0 Å². The molecule has 1 saturated heterocycles. The molecule has 1 aliphatic heterocycles. The van der Waals surface area contributed by atoms with Crippen LogP contribution in [0.4, 0.5) is 5.69 Å². The third kappa shape index (κ3) is 5.27. The van der Waals surface area contributed by atoms with E-state index in [1.807, 2.05) is 20.8 Å². The molecular formula is C29H28ClNO6. The van der Waals surface area contributed by atoms with E-state index in [0.29, 0.717) is 45.7 Å². The molecule has 1 N–H and O–H groups in total. The summed E-state index contributed by atoms with van der Waals surface area (Å²) in [6, 6.07) is 17.8. The summed E-state index contributed by atoms with van der Waals surface area (Å²) < 4.78 is 16.8. The second-order valence-electron chi connectivity index (χ2n) is 8.69. The number of benzene rings is 3. The maximum absolute atomic E-state index is 13.5. The molecule has 3 aromatic rings. The van der Waals surface area contributed by atoms with E-state index in [0.717, 1.165) is 0 Å². The van der Waals surface area contributed by atoms with Crippen LogP contribution in [0.25, 0.3) is 5.76 Å². The molecule has 1 heterocycles. The molecule has 0 radical (unpaired) electrons. The zero-order valence-electron chi connectivity index (χ0n) is 21.0. The second kappa shape index (κ2) is 11.0. The predicted octanol–water partition coefficient (Wildman–Crippen LogP) is 6.16. The first-order chi connectivity index (χ1) is 17.7. The molecule has 4 rings (SSSR count). The Labute approximate surface area is 220 Å². The minimum absolute atomic E-state index is 0.0575. The number of amides is 1. The number of carbonyl (C=O) groups excluding carboxylic acids is 2. The molecule has 1 amide bonds.